The molecule has 0 amide bonds. The highest BCUT2D eigenvalue weighted by atomic mass is 31.1. The monoisotopic (exact) mass is 296 g/mol. The average molecular weight is 296 g/mol. The van der Waals surface area contributed by atoms with Crippen molar-refractivity contribution in [3.05, 3.63) is 35.9 Å². The Labute approximate surface area is 121 Å². The van der Waals surface area contributed by atoms with E-state index >= 15 is 0 Å². The lowest BCUT2D eigenvalue weighted by atomic mass is 10.00. The Bertz CT molecular complexity index is 408. The van der Waals surface area contributed by atoms with Crippen LogP contribution in [0.4, 0.5) is 0 Å². The molecule has 0 saturated carbocycles. The van der Waals surface area contributed by atoms with Gasteiger partial charge in [0.2, 0.25) is 0 Å². The standard InChI is InChI=1S/C15H21O4P/c1-3-18-14(16)13(15(20-17)19-4-2)11-10-12-8-6-5-7-9-12/h5-9,13,15H,3-4,10-11H2,1-2H3. The Morgan fingerprint density at radius 2 is 1.90 bits per heavy atom. The van der Waals surface area contributed by atoms with Gasteiger partial charge in [0.15, 0.2) is 14.3 Å². The van der Waals surface area contributed by atoms with Gasteiger partial charge >= 0.3 is 5.97 Å². The number of hydrogen-bond acceptors (Lipinski definition) is 4. The SMILES string of the molecule is CCOC(=O)C(CCc1ccccc1)C(OCC)P=O. The molecule has 0 aliphatic carbocycles. The molecule has 2 atom stereocenters. The molecule has 1 aromatic rings. The number of rotatable bonds is 9. The molecule has 2 unspecified atom stereocenters. The summed E-state index contributed by atoms with van der Waals surface area (Å²) >= 11 is 0. The van der Waals surface area contributed by atoms with E-state index in [1.165, 1.54) is 0 Å². The van der Waals surface area contributed by atoms with E-state index in [-0.39, 0.29) is 14.4 Å². The molecule has 20 heavy (non-hydrogen) atoms. The summed E-state index contributed by atoms with van der Waals surface area (Å²) in [6, 6.07) is 9.88. The quantitative estimate of drug-likeness (QED) is 0.517. The predicted octanol–water partition coefficient (Wildman–Crippen LogP) is 3.45. The van der Waals surface area contributed by atoms with Crippen LogP contribution in [0.1, 0.15) is 25.8 Å². The molecule has 0 N–H and O–H groups in total. The minimum atomic E-state index is -0.636. The minimum Gasteiger partial charge on any atom is -0.466 e. The van der Waals surface area contributed by atoms with Crippen molar-refractivity contribution >= 4 is 14.4 Å². The maximum Gasteiger partial charge on any atom is 0.312 e. The number of carbonyl (C=O) groups is 1. The molecule has 0 bridgehead atoms. The third kappa shape index (κ3) is 5.40. The Morgan fingerprint density at radius 3 is 2.45 bits per heavy atom. The van der Waals surface area contributed by atoms with E-state index in [1.807, 2.05) is 37.3 Å². The van der Waals surface area contributed by atoms with Crippen LogP contribution in [0, 0.1) is 5.92 Å². The van der Waals surface area contributed by atoms with E-state index < -0.39 is 11.8 Å². The molecule has 0 saturated heterocycles. The van der Waals surface area contributed by atoms with E-state index in [1.54, 1.807) is 6.92 Å². The van der Waals surface area contributed by atoms with Gasteiger partial charge in [0.1, 0.15) is 0 Å². The summed E-state index contributed by atoms with van der Waals surface area (Å²) in [6.07, 6.45) is 1.28. The normalized spacial score (nSPS) is 13.9. The van der Waals surface area contributed by atoms with Gasteiger partial charge in [-0.05, 0) is 32.3 Å². The molecule has 0 fully saturated rings. The fourth-order valence-electron chi connectivity index (χ4n) is 1.98. The average Bonchev–Trinajstić information content (AvgIpc) is 2.47. The van der Waals surface area contributed by atoms with Gasteiger partial charge in [-0.1, -0.05) is 30.3 Å². The van der Waals surface area contributed by atoms with Gasteiger partial charge in [0.05, 0.1) is 12.5 Å². The molecule has 0 aliphatic heterocycles. The summed E-state index contributed by atoms with van der Waals surface area (Å²) in [5.41, 5.74) is 1.14. The van der Waals surface area contributed by atoms with E-state index in [9.17, 15) is 9.36 Å². The van der Waals surface area contributed by atoms with Gasteiger partial charge < -0.3 is 9.47 Å². The summed E-state index contributed by atoms with van der Waals surface area (Å²) in [7, 11) is -0.177. The molecule has 1 rings (SSSR count). The summed E-state index contributed by atoms with van der Waals surface area (Å²) < 4.78 is 21.7. The van der Waals surface area contributed by atoms with Gasteiger partial charge in [-0.25, -0.2) is 0 Å². The van der Waals surface area contributed by atoms with E-state index in [0.717, 1.165) is 12.0 Å². The first-order valence-corrected chi connectivity index (χ1v) is 7.75. The number of esters is 1. The minimum absolute atomic E-state index is 0.177. The molecule has 5 heteroatoms. The smallest absolute Gasteiger partial charge is 0.312 e. The second kappa shape index (κ2) is 9.62. The zero-order chi connectivity index (χ0) is 14.8. The Morgan fingerprint density at radius 1 is 1.20 bits per heavy atom. The highest BCUT2D eigenvalue weighted by Crippen LogP contribution is 2.25. The van der Waals surface area contributed by atoms with Crippen molar-refractivity contribution in [3.63, 3.8) is 0 Å². The molecule has 0 spiro atoms. The molecular weight excluding hydrogens is 275 g/mol. The summed E-state index contributed by atoms with van der Waals surface area (Å²) in [5.74, 6) is -1.48. The highest BCUT2D eigenvalue weighted by Gasteiger charge is 2.30. The number of hydrogen-bond donors (Lipinski definition) is 0. The molecule has 1 aromatic carbocycles. The van der Waals surface area contributed by atoms with Crippen molar-refractivity contribution in [1.29, 1.82) is 0 Å². The van der Waals surface area contributed by atoms with Crippen molar-refractivity contribution in [3.8, 4) is 0 Å². The maximum absolute atomic E-state index is 12.0. The van der Waals surface area contributed by atoms with Crippen LogP contribution in [0.3, 0.4) is 0 Å². The maximum atomic E-state index is 12.0. The van der Waals surface area contributed by atoms with Gasteiger partial charge in [0.25, 0.3) is 0 Å². The second-order valence-electron chi connectivity index (χ2n) is 4.33. The van der Waals surface area contributed by atoms with Gasteiger partial charge in [0, 0.05) is 6.61 Å². The van der Waals surface area contributed by atoms with Crippen LogP contribution in [-0.4, -0.2) is 25.0 Å². The number of benzene rings is 1. The molecule has 0 heterocycles. The van der Waals surface area contributed by atoms with Crippen LogP contribution in [-0.2, 0) is 25.3 Å². The Kier molecular flexibility index (Phi) is 8.08. The summed E-state index contributed by atoms with van der Waals surface area (Å²) in [4.78, 5) is 12.0. The Hall–Kier alpha value is -1.25. The van der Waals surface area contributed by atoms with Crippen LogP contribution in [0.5, 0.6) is 0 Å². The van der Waals surface area contributed by atoms with Gasteiger partial charge in [-0.2, -0.15) is 0 Å². The number of aryl methyl sites for hydroxylation is 1. The molecule has 4 nitrogen and oxygen atoms in total. The zero-order valence-electron chi connectivity index (χ0n) is 12.0. The van der Waals surface area contributed by atoms with Crippen LogP contribution in [0.25, 0.3) is 0 Å². The summed E-state index contributed by atoms with van der Waals surface area (Å²) in [6.45, 7) is 4.31. The third-order valence-electron chi connectivity index (χ3n) is 2.96. The first-order chi connectivity index (χ1) is 9.72. The molecule has 0 aromatic heterocycles. The van der Waals surface area contributed by atoms with E-state index in [2.05, 4.69) is 0 Å². The van der Waals surface area contributed by atoms with Crippen LogP contribution in [0.15, 0.2) is 30.3 Å². The molecule has 110 valence electrons. The van der Waals surface area contributed by atoms with Crippen LogP contribution in [0.2, 0.25) is 0 Å². The van der Waals surface area contributed by atoms with Crippen molar-refractivity contribution in [2.45, 2.75) is 32.5 Å². The predicted molar refractivity (Wildman–Crippen MR) is 77.9 cm³/mol. The van der Waals surface area contributed by atoms with Crippen LogP contribution < -0.4 is 0 Å². The molecular formula is C15H21O4P. The lowest BCUT2D eigenvalue weighted by Gasteiger charge is -2.20. The topological polar surface area (TPSA) is 52.6 Å². The van der Waals surface area contributed by atoms with Crippen molar-refractivity contribution in [2.24, 2.45) is 5.92 Å². The molecule has 0 aliphatic rings. The van der Waals surface area contributed by atoms with Gasteiger partial charge in [-0.15, -0.1) is 0 Å². The lowest BCUT2D eigenvalue weighted by Crippen LogP contribution is -2.29. The van der Waals surface area contributed by atoms with Gasteiger partial charge in [-0.3, -0.25) is 9.36 Å². The second-order valence-corrected chi connectivity index (χ2v) is 5.05. The first kappa shape index (κ1) is 16.8. The lowest BCUT2D eigenvalue weighted by molar-refractivity contribution is -0.151. The van der Waals surface area contributed by atoms with E-state index in [4.69, 9.17) is 9.47 Å². The largest absolute Gasteiger partial charge is 0.466 e. The van der Waals surface area contributed by atoms with Crippen molar-refractivity contribution in [2.75, 3.05) is 13.2 Å². The highest BCUT2D eigenvalue weighted by molar-refractivity contribution is 7.24. The fourth-order valence-corrected chi connectivity index (χ4v) is 2.61. The molecule has 0 radical (unpaired) electrons. The summed E-state index contributed by atoms with van der Waals surface area (Å²) in [5, 5.41) is 0. The Balaban J connectivity index is 2.71. The number of ether oxygens (including phenoxy) is 2. The first-order valence-electron chi connectivity index (χ1n) is 6.87. The fraction of sp³-hybridized carbons (Fsp3) is 0.533. The zero-order valence-corrected chi connectivity index (χ0v) is 12.8. The number of carbonyl (C=O) groups excluding carboxylic acids is 1. The van der Waals surface area contributed by atoms with E-state index in [0.29, 0.717) is 19.6 Å². The van der Waals surface area contributed by atoms with Crippen LogP contribution >= 0.6 is 8.46 Å². The van der Waals surface area contributed by atoms with Crippen molar-refractivity contribution in [1.82, 2.24) is 0 Å². The van der Waals surface area contributed by atoms with Crippen molar-refractivity contribution < 1.29 is 18.8 Å². The third-order valence-corrected chi connectivity index (χ3v) is 3.68.